The number of esters is 1. The van der Waals surface area contributed by atoms with Crippen LogP contribution in [0.15, 0.2) is 24.3 Å². The number of carbonyl (C=O) groups is 2. The van der Waals surface area contributed by atoms with Crippen molar-refractivity contribution in [1.29, 1.82) is 0 Å². The van der Waals surface area contributed by atoms with E-state index < -0.39 is 5.97 Å². The Morgan fingerprint density at radius 1 is 1.25 bits per heavy atom. The lowest BCUT2D eigenvalue weighted by molar-refractivity contribution is 0.0600. The predicted molar refractivity (Wildman–Crippen MR) is 58.3 cm³/mol. The normalized spacial score (nSPS) is 14.2. The highest BCUT2D eigenvalue weighted by Crippen LogP contribution is 2.14. The van der Waals surface area contributed by atoms with Crippen molar-refractivity contribution in [2.24, 2.45) is 0 Å². The average Bonchev–Trinajstić information content (AvgIpc) is 2.26. The monoisotopic (exact) mass is 219 g/mol. The second-order valence-corrected chi connectivity index (χ2v) is 3.72. The topological polar surface area (TPSA) is 46.6 Å². The highest BCUT2D eigenvalue weighted by atomic mass is 16.5. The van der Waals surface area contributed by atoms with Gasteiger partial charge in [0.1, 0.15) is 0 Å². The van der Waals surface area contributed by atoms with Gasteiger partial charge in [0.05, 0.1) is 12.7 Å². The second kappa shape index (κ2) is 4.35. The first-order valence-corrected chi connectivity index (χ1v) is 5.20. The van der Waals surface area contributed by atoms with Gasteiger partial charge >= 0.3 is 5.97 Å². The summed E-state index contributed by atoms with van der Waals surface area (Å²) in [5.41, 5.74) is 0.955. The Bertz CT molecular complexity index is 424. The third-order valence-electron chi connectivity index (χ3n) is 2.67. The van der Waals surface area contributed by atoms with Gasteiger partial charge in [0, 0.05) is 18.7 Å². The van der Waals surface area contributed by atoms with Crippen LogP contribution in [0, 0.1) is 0 Å². The lowest BCUT2D eigenvalue weighted by Crippen LogP contribution is -2.42. The van der Waals surface area contributed by atoms with Crippen molar-refractivity contribution in [2.45, 2.75) is 6.42 Å². The molecule has 1 aliphatic rings. The Morgan fingerprint density at radius 2 is 1.94 bits per heavy atom. The van der Waals surface area contributed by atoms with E-state index in [0.29, 0.717) is 11.1 Å². The number of hydrogen-bond donors (Lipinski definition) is 0. The number of amides is 1. The van der Waals surface area contributed by atoms with Crippen molar-refractivity contribution in [3.63, 3.8) is 0 Å². The molecule has 1 heterocycles. The molecule has 0 atom stereocenters. The zero-order valence-corrected chi connectivity index (χ0v) is 9.10. The molecule has 4 nitrogen and oxygen atoms in total. The van der Waals surface area contributed by atoms with E-state index in [1.807, 2.05) is 0 Å². The molecular weight excluding hydrogens is 206 g/mol. The van der Waals surface area contributed by atoms with Crippen LogP contribution in [0.3, 0.4) is 0 Å². The minimum Gasteiger partial charge on any atom is -0.465 e. The molecule has 1 aromatic rings. The molecule has 1 aromatic carbocycles. The predicted octanol–water partition coefficient (Wildman–Crippen LogP) is 1.32. The van der Waals surface area contributed by atoms with Gasteiger partial charge in [-0.15, -0.1) is 0 Å². The van der Waals surface area contributed by atoms with Gasteiger partial charge in [-0.05, 0) is 24.6 Å². The molecule has 0 bridgehead atoms. The Hall–Kier alpha value is -1.84. The van der Waals surface area contributed by atoms with Gasteiger partial charge in [-0.1, -0.05) is 6.07 Å². The number of likely N-dealkylation sites (tertiary alicyclic amines) is 1. The van der Waals surface area contributed by atoms with Crippen molar-refractivity contribution in [1.82, 2.24) is 4.90 Å². The zero-order chi connectivity index (χ0) is 11.5. The molecule has 16 heavy (non-hydrogen) atoms. The Balaban J connectivity index is 2.21. The quantitative estimate of drug-likeness (QED) is 0.705. The van der Waals surface area contributed by atoms with Crippen LogP contribution in [0.1, 0.15) is 27.1 Å². The summed E-state index contributed by atoms with van der Waals surface area (Å²) in [5, 5.41) is 0. The fraction of sp³-hybridized carbons (Fsp3) is 0.333. The SMILES string of the molecule is COC(=O)c1cccc(C(=O)N2CCC2)c1. The molecule has 4 heteroatoms. The molecular formula is C12H13NO3. The minimum absolute atomic E-state index is 0.0167. The molecule has 0 saturated carbocycles. The number of benzene rings is 1. The summed E-state index contributed by atoms with van der Waals surface area (Å²) < 4.78 is 4.61. The second-order valence-electron chi connectivity index (χ2n) is 3.72. The van der Waals surface area contributed by atoms with Gasteiger partial charge in [0.25, 0.3) is 5.91 Å². The Morgan fingerprint density at radius 3 is 2.50 bits per heavy atom. The molecule has 84 valence electrons. The molecule has 2 rings (SSSR count). The van der Waals surface area contributed by atoms with E-state index >= 15 is 0 Å². The minimum atomic E-state index is -0.418. The van der Waals surface area contributed by atoms with Crippen LogP contribution in [0.2, 0.25) is 0 Å². The van der Waals surface area contributed by atoms with Crippen LogP contribution in [-0.2, 0) is 4.74 Å². The highest BCUT2D eigenvalue weighted by molar-refractivity contribution is 5.98. The van der Waals surface area contributed by atoms with E-state index in [9.17, 15) is 9.59 Å². The summed E-state index contributed by atoms with van der Waals surface area (Å²) in [6.45, 7) is 1.61. The van der Waals surface area contributed by atoms with Crippen molar-refractivity contribution >= 4 is 11.9 Å². The van der Waals surface area contributed by atoms with Crippen molar-refractivity contribution in [3.8, 4) is 0 Å². The summed E-state index contributed by atoms with van der Waals surface area (Å²) in [7, 11) is 1.33. The van der Waals surface area contributed by atoms with E-state index in [1.165, 1.54) is 7.11 Å². The number of rotatable bonds is 2. The smallest absolute Gasteiger partial charge is 0.337 e. The summed E-state index contributed by atoms with van der Waals surface area (Å²) in [4.78, 5) is 24.9. The Kier molecular flexibility index (Phi) is 2.90. The molecule has 0 aromatic heterocycles. The van der Waals surface area contributed by atoms with Crippen molar-refractivity contribution in [3.05, 3.63) is 35.4 Å². The average molecular weight is 219 g/mol. The van der Waals surface area contributed by atoms with Crippen LogP contribution < -0.4 is 0 Å². The van der Waals surface area contributed by atoms with Crippen LogP contribution in [0.25, 0.3) is 0 Å². The van der Waals surface area contributed by atoms with E-state index in [2.05, 4.69) is 4.74 Å². The first-order valence-electron chi connectivity index (χ1n) is 5.20. The van der Waals surface area contributed by atoms with Gasteiger partial charge in [0.2, 0.25) is 0 Å². The number of ether oxygens (including phenoxy) is 1. The number of hydrogen-bond acceptors (Lipinski definition) is 3. The molecule has 1 saturated heterocycles. The molecule has 1 amide bonds. The van der Waals surface area contributed by atoms with Gasteiger partial charge in [0.15, 0.2) is 0 Å². The standard InChI is InChI=1S/C12H13NO3/c1-16-12(15)10-5-2-4-9(8-10)11(14)13-6-3-7-13/h2,4-5,8H,3,6-7H2,1H3. The van der Waals surface area contributed by atoms with Crippen molar-refractivity contribution in [2.75, 3.05) is 20.2 Å². The van der Waals surface area contributed by atoms with Crippen LogP contribution in [0.5, 0.6) is 0 Å². The summed E-state index contributed by atoms with van der Waals surface area (Å²) in [5.74, 6) is -0.435. The zero-order valence-electron chi connectivity index (χ0n) is 9.10. The van der Waals surface area contributed by atoms with Gasteiger partial charge < -0.3 is 9.64 Å². The molecule has 0 aliphatic carbocycles. The molecule has 0 unspecified atom stereocenters. The maximum Gasteiger partial charge on any atom is 0.337 e. The van der Waals surface area contributed by atoms with Gasteiger partial charge in [-0.25, -0.2) is 4.79 Å². The fourth-order valence-corrected chi connectivity index (χ4v) is 1.60. The van der Waals surface area contributed by atoms with Crippen LogP contribution >= 0.6 is 0 Å². The summed E-state index contributed by atoms with van der Waals surface area (Å²) in [6, 6.07) is 6.62. The number of nitrogens with zero attached hydrogens (tertiary/aromatic N) is 1. The summed E-state index contributed by atoms with van der Waals surface area (Å²) in [6.07, 6.45) is 1.06. The molecule has 1 fully saturated rings. The third kappa shape index (κ3) is 1.91. The maximum atomic E-state index is 11.9. The lowest BCUT2D eigenvalue weighted by Gasteiger charge is -2.30. The van der Waals surface area contributed by atoms with E-state index in [1.54, 1.807) is 29.2 Å². The van der Waals surface area contributed by atoms with Crippen molar-refractivity contribution < 1.29 is 14.3 Å². The first kappa shape index (κ1) is 10.7. The largest absolute Gasteiger partial charge is 0.465 e. The van der Waals surface area contributed by atoms with E-state index in [0.717, 1.165) is 19.5 Å². The highest BCUT2D eigenvalue weighted by Gasteiger charge is 2.22. The molecule has 1 aliphatic heterocycles. The number of carbonyl (C=O) groups excluding carboxylic acids is 2. The fourth-order valence-electron chi connectivity index (χ4n) is 1.60. The van der Waals surface area contributed by atoms with E-state index in [-0.39, 0.29) is 5.91 Å². The van der Waals surface area contributed by atoms with Crippen LogP contribution in [0.4, 0.5) is 0 Å². The third-order valence-corrected chi connectivity index (χ3v) is 2.67. The molecule has 0 N–H and O–H groups in total. The number of methoxy groups -OCH3 is 1. The lowest BCUT2D eigenvalue weighted by atomic mass is 10.1. The summed E-state index contributed by atoms with van der Waals surface area (Å²) >= 11 is 0. The Labute approximate surface area is 93.8 Å². The molecule has 0 spiro atoms. The van der Waals surface area contributed by atoms with Crippen LogP contribution in [-0.4, -0.2) is 37.0 Å². The van der Waals surface area contributed by atoms with Gasteiger partial charge in [-0.3, -0.25) is 4.79 Å². The van der Waals surface area contributed by atoms with E-state index in [4.69, 9.17) is 0 Å². The first-order chi connectivity index (χ1) is 7.72. The maximum absolute atomic E-state index is 11.9. The molecule has 0 radical (unpaired) electrons. The van der Waals surface area contributed by atoms with Gasteiger partial charge in [-0.2, -0.15) is 0 Å².